The SMILES string of the molecule is C[C@@H](NC(=O)c1ccccc1C(=O)O)C1CCCCC1. The Morgan fingerprint density at radius 2 is 1.75 bits per heavy atom. The van der Waals surface area contributed by atoms with E-state index in [-0.39, 0.29) is 23.1 Å². The fourth-order valence-electron chi connectivity index (χ4n) is 2.90. The molecule has 1 aromatic rings. The Morgan fingerprint density at radius 1 is 1.15 bits per heavy atom. The van der Waals surface area contributed by atoms with Crippen LogP contribution in [-0.2, 0) is 0 Å². The van der Waals surface area contributed by atoms with Crippen LogP contribution in [-0.4, -0.2) is 23.0 Å². The maximum Gasteiger partial charge on any atom is 0.336 e. The summed E-state index contributed by atoms with van der Waals surface area (Å²) in [5.41, 5.74) is 0.295. The molecule has 1 atom stereocenters. The van der Waals surface area contributed by atoms with Gasteiger partial charge < -0.3 is 10.4 Å². The summed E-state index contributed by atoms with van der Waals surface area (Å²) >= 11 is 0. The van der Waals surface area contributed by atoms with Gasteiger partial charge in [0.2, 0.25) is 0 Å². The average Bonchev–Trinajstić information content (AvgIpc) is 2.48. The zero-order valence-electron chi connectivity index (χ0n) is 11.8. The van der Waals surface area contributed by atoms with E-state index >= 15 is 0 Å². The number of aromatic carboxylic acids is 1. The lowest BCUT2D eigenvalue weighted by atomic mass is 9.84. The molecule has 108 valence electrons. The first-order valence-corrected chi connectivity index (χ1v) is 7.23. The Kier molecular flexibility index (Phi) is 4.77. The van der Waals surface area contributed by atoms with Crippen molar-refractivity contribution in [2.45, 2.75) is 45.1 Å². The number of nitrogens with one attached hydrogen (secondary N) is 1. The molecule has 0 radical (unpaired) electrons. The van der Waals surface area contributed by atoms with Crippen molar-refractivity contribution < 1.29 is 14.7 Å². The van der Waals surface area contributed by atoms with Crippen LogP contribution in [0.3, 0.4) is 0 Å². The van der Waals surface area contributed by atoms with E-state index in [0.717, 1.165) is 12.8 Å². The Labute approximate surface area is 119 Å². The monoisotopic (exact) mass is 275 g/mol. The summed E-state index contributed by atoms with van der Waals surface area (Å²) in [6.07, 6.45) is 6.00. The van der Waals surface area contributed by atoms with Crippen LogP contribution in [0.15, 0.2) is 24.3 Å². The van der Waals surface area contributed by atoms with Crippen molar-refractivity contribution in [1.82, 2.24) is 5.32 Å². The highest BCUT2D eigenvalue weighted by Gasteiger charge is 2.23. The molecule has 1 amide bonds. The van der Waals surface area contributed by atoms with Crippen LogP contribution in [0.2, 0.25) is 0 Å². The number of benzene rings is 1. The summed E-state index contributed by atoms with van der Waals surface area (Å²) in [6.45, 7) is 2.01. The van der Waals surface area contributed by atoms with Crippen LogP contribution in [0, 0.1) is 5.92 Å². The third-order valence-electron chi connectivity index (χ3n) is 4.12. The maximum atomic E-state index is 12.2. The fraction of sp³-hybridized carbons (Fsp3) is 0.500. The first-order valence-electron chi connectivity index (χ1n) is 7.23. The normalized spacial score (nSPS) is 17.4. The van der Waals surface area contributed by atoms with Crippen molar-refractivity contribution in [2.75, 3.05) is 0 Å². The Bertz CT molecular complexity index is 492. The highest BCUT2D eigenvalue weighted by atomic mass is 16.4. The van der Waals surface area contributed by atoms with Crippen LogP contribution < -0.4 is 5.32 Å². The summed E-state index contributed by atoms with van der Waals surface area (Å²) in [7, 11) is 0. The van der Waals surface area contributed by atoms with Crippen LogP contribution in [0.1, 0.15) is 59.7 Å². The van der Waals surface area contributed by atoms with E-state index in [1.165, 1.54) is 25.3 Å². The van der Waals surface area contributed by atoms with E-state index in [0.29, 0.717) is 5.92 Å². The molecular weight excluding hydrogens is 254 g/mol. The van der Waals surface area contributed by atoms with Crippen molar-refractivity contribution in [2.24, 2.45) is 5.92 Å². The lowest BCUT2D eigenvalue weighted by Crippen LogP contribution is -2.39. The largest absolute Gasteiger partial charge is 0.478 e. The molecule has 0 saturated heterocycles. The Hall–Kier alpha value is -1.84. The molecule has 1 aliphatic rings. The number of hydrogen-bond acceptors (Lipinski definition) is 2. The highest BCUT2D eigenvalue weighted by molar-refractivity contribution is 6.04. The van der Waals surface area contributed by atoms with Crippen LogP contribution >= 0.6 is 0 Å². The molecule has 2 rings (SSSR count). The predicted molar refractivity (Wildman–Crippen MR) is 76.9 cm³/mol. The Morgan fingerprint density at radius 3 is 2.35 bits per heavy atom. The maximum absolute atomic E-state index is 12.2. The number of rotatable bonds is 4. The van der Waals surface area contributed by atoms with Gasteiger partial charge in [0.15, 0.2) is 0 Å². The van der Waals surface area contributed by atoms with Crippen molar-refractivity contribution in [1.29, 1.82) is 0 Å². The number of carboxylic acids is 1. The van der Waals surface area contributed by atoms with Crippen LogP contribution in [0.4, 0.5) is 0 Å². The van der Waals surface area contributed by atoms with Crippen molar-refractivity contribution in [3.8, 4) is 0 Å². The standard InChI is InChI=1S/C16H21NO3/c1-11(12-7-3-2-4-8-12)17-15(18)13-9-5-6-10-14(13)16(19)20/h5-6,9-12H,2-4,7-8H2,1H3,(H,17,18)(H,19,20)/t11-/m1/s1. The van der Waals surface area contributed by atoms with Gasteiger partial charge in [-0.25, -0.2) is 4.79 Å². The number of carbonyl (C=O) groups is 2. The second kappa shape index (κ2) is 6.55. The molecule has 0 aromatic heterocycles. The molecule has 0 spiro atoms. The van der Waals surface area contributed by atoms with Crippen molar-refractivity contribution >= 4 is 11.9 Å². The highest BCUT2D eigenvalue weighted by Crippen LogP contribution is 2.26. The van der Waals surface area contributed by atoms with E-state index in [4.69, 9.17) is 5.11 Å². The molecule has 1 saturated carbocycles. The minimum absolute atomic E-state index is 0.0563. The van der Waals surface area contributed by atoms with Gasteiger partial charge in [0.1, 0.15) is 0 Å². The minimum Gasteiger partial charge on any atom is -0.478 e. The molecule has 1 aliphatic carbocycles. The summed E-state index contributed by atoms with van der Waals surface area (Å²) in [4.78, 5) is 23.4. The van der Waals surface area contributed by atoms with E-state index in [9.17, 15) is 9.59 Å². The van der Waals surface area contributed by atoms with Gasteiger partial charge in [-0.05, 0) is 37.8 Å². The van der Waals surface area contributed by atoms with Crippen molar-refractivity contribution in [3.63, 3.8) is 0 Å². The van der Waals surface area contributed by atoms with Gasteiger partial charge in [-0.2, -0.15) is 0 Å². The molecule has 0 bridgehead atoms. The minimum atomic E-state index is -1.07. The van der Waals surface area contributed by atoms with Gasteiger partial charge in [-0.1, -0.05) is 31.4 Å². The molecule has 1 fully saturated rings. The van der Waals surface area contributed by atoms with Gasteiger partial charge >= 0.3 is 5.97 Å². The number of hydrogen-bond donors (Lipinski definition) is 2. The molecule has 0 unspecified atom stereocenters. The molecule has 0 aliphatic heterocycles. The lowest BCUT2D eigenvalue weighted by Gasteiger charge is -2.28. The Balaban J connectivity index is 2.06. The van der Waals surface area contributed by atoms with Crippen molar-refractivity contribution in [3.05, 3.63) is 35.4 Å². The van der Waals surface area contributed by atoms with E-state index in [1.807, 2.05) is 6.92 Å². The average molecular weight is 275 g/mol. The number of amides is 1. The molecule has 2 N–H and O–H groups in total. The third-order valence-corrected chi connectivity index (χ3v) is 4.12. The van der Waals surface area contributed by atoms with Crippen LogP contribution in [0.25, 0.3) is 0 Å². The molecule has 4 nitrogen and oxygen atoms in total. The van der Waals surface area contributed by atoms with E-state index in [1.54, 1.807) is 18.2 Å². The zero-order chi connectivity index (χ0) is 14.5. The summed E-state index contributed by atoms with van der Waals surface area (Å²) < 4.78 is 0. The summed E-state index contributed by atoms with van der Waals surface area (Å²) in [5, 5.41) is 12.1. The van der Waals surface area contributed by atoms with Gasteiger partial charge in [-0.15, -0.1) is 0 Å². The summed E-state index contributed by atoms with van der Waals surface area (Å²) in [5.74, 6) is -0.855. The zero-order valence-corrected chi connectivity index (χ0v) is 11.8. The van der Waals surface area contributed by atoms with Gasteiger partial charge in [0.05, 0.1) is 11.1 Å². The first kappa shape index (κ1) is 14.6. The predicted octanol–water partition coefficient (Wildman–Crippen LogP) is 3.08. The van der Waals surface area contributed by atoms with Gasteiger partial charge in [0, 0.05) is 6.04 Å². The van der Waals surface area contributed by atoms with Gasteiger partial charge in [0.25, 0.3) is 5.91 Å². The molecule has 0 heterocycles. The quantitative estimate of drug-likeness (QED) is 0.887. The van der Waals surface area contributed by atoms with E-state index < -0.39 is 5.97 Å². The van der Waals surface area contributed by atoms with Crippen LogP contribution in [0.5, 0.6) is 0 Å². The first-order chi connectivity index (χ1) is 9.59. The topological polar surface area (TPSA) is 66.4 Å². The summed E-state index contributed by atoms with van der Waals surface area (Å²) in [6, 6.07) is 6.43. The second-order valence-corrected chi connectivity index (χ2v) is 5.51. The molecule has 4 heteroatoms. The molecule has 1 aromatic carbocycles. The van der Waals surface area contributed by atoms with E-state index in [2.05, 4.69) is 5.32 Å². The number of carbonyl (C=O) groups excluding carboxylic acids is 1. The lowest BCUT2D eigenvalue weighted by molar-refractivity contribution is 0.0690. The second-order valence-electron chi connectivity index (χ2n) is 5.51. The number of carboxylic acid groups (broad SMARTS) is 1. The third kappa shape index (κ3) is 3.38. The smallest absolute Gasteiger partial charge is 0.336 e. The fourth-order valence-corrected chi connectivity index (χ4v) is 2.90. The molecular formula is C16H21NO3. The molecule has 20 heavy (non-hydrogen) atoms. The van der Waals surface area contributed by atoms with Gasteiger partial charge in [-0.3, -0.25) is 4.79 Å².